The van der Waals surface area contributed by atoms with Gasteiger partial charge in [0.2, 0.25) is 0 Å². The highest BCUT2D eigenvalue weighted by Crippen LogP contribution is 2.12. The SMILES string of the molecule is C=CCn1c(=O)n(CC=C)c(=O)n(C[C@H](O)COCc2ccc(OC)cc2)c1=O. The van der Waals surface area contributed by atoms with Gasteiger partial charge in [-0.15, -0.1) is 13.2 Å². The number of aliphatic hydroxyl groups excluding tert-OH is 1. The Hall–Kier alpha value is -3.17. The molecule has 1 aromatic heterocycles. The van der Waals surface area contributed by atoms with Gasteiger partial charge in [0.1, 0.15) is 5.75 Å². The van der Waals surface area contributed by atoms with E-state index in [1.165, 1.54) is 12.2 Å². The van der Waals surface area contributed by atoms with Crippen molar-refractivity contribution in [2.45, 2.75) is 32.3 Å². The van der Waals surface area contributed by atoms with Crippen molar-refractivity contribution in [1.29, 1.82) is 0 Å². The van der Waals surface area contributed by atoms with E-state index in [2.05, 4.69) is 13.2 Å². The second-order valence-electron chi connectivity index (χ2n) is 6.27. The minimum absolute atomic E-state index is 0.0564. The molecule has 1 aromatic carbocycles. The Morgan fingerprint density at radius 1 is 0.966 bits per heavy atom. The van der Waals surface area contributed by atoms with E-state index in [0.717, 1.165) is 25.0 Å². The molecule has 2 aromatic rings. The molecule has 0 unspecified atom stereocenters. The first-order valence-electron chi connectivity index (χ1n) is 8.98. The Balaban J connectivity index is 2.13. The molecule has 0 saturated carbocycles. The Bertz CT molecular complexity index is 968. The summed E-state index contributed by atoms with van der Waals surface area (Å²) in [7, 11) is 1.57. The molecule has 1 atom stereocenters. The zero-order valence-electron chi connectivity index (χ0n) is 16.3. The van der Waals surface area contributed by atoms with Gasteiger partial charge in [-0.2, -0.15) is 0 Å². The minimum atomic E-state index is -1.12. The number of aromatic nitrogens is 3. The highest BCUT2D eigenvalue weighted by molar-refractivity contribution is 5.26. The average molecular weight is 403 g/mol. The highest BCUT2D eigenvalue weighted by atomic mass is 16.5. The predicted molar refractivity (Wildman–Crippen MR) is 108 cm³/mol. The highest BCUT2D eigenvalue weighted by Gasteiger charge is 2.17. The van der Waals surface area contributed by atoms with Gasteiger partial charge in [-0.05, 0) is 17.7 Å². The molecule has 0 aliphatic rings. The maximum Gasteiger partial charge on any atom is 0.336 e. The first-order valence-corrected chi connectivity index (χ1v) is 8.98. The van der Waals surface area contributed by atoms with Crippen LogP contribution in [0.5, 0.6) is 5.75 Å². The second-order valence-corrected chi connectivity index (χ2v) is 6.27. The number of rotatable bonds is 11. The molecule has 1 heterocycles. The average Bonchev–Trinajstić information content (AvgIpc) is 2.72. The van der Waals surface area contributed by atoms with E-state index in [1.807, 2.05) is 12.1 Å². The number of ether oxygens (including phenoxy) is 2. The van der Waals surface area contributed by atoms with Crippen molar-refractivity contribution in [1.82, 2.24) is 13.7 Å². The van der Waals surface area contributed by atoms with Crippen LogP contribution in [0, 0.1) is 0 Å². The Morgan fingerprint density at radius 3 is 1.97 bits per heavy atom. The summed E-state index contributed by atoms with van der Waals surface area (Å²) >= 11 is 0. The first-order chi connectivity index (χ1) is 13.9. The van der Waals surface area contributed by atoms with Crippen LogP contribution in [0.2, 0.25) is 0 Å². The lowest BCUT2D eigenvalue weighted by Gasteiger charge is -2.15. The van der Waals surface area contributed by atoms with Crippen molar-refractivity contribution in [3.8, 4) is 5.75 Å². The van der Waals surface area contributed by atoms with E-state index in [-0.39, 0.29) is 32.8 Å². The van der Waals surface area contributed by atoms with Crippen molar-refractivity contribution < 1.29 is 14.6 Å². The van der Waals surface area contributed by atoms with Gasteiger partial charge in [-0.1, -0.05) is 24.3 Å². The number of benzene rings is 1. The Morgan fingerprint density at radius 2 is 1.48 bits per heavy atom. The molecule has 0 amide bonds. The minimum Gasteiger partial charge on any atom is -0.497 e. The summed E-state index contributed by atoms with van der Waals surface area (Å²) in [5.41, 5.74) is -1.49. The predicted octanol–water partition coefficient (Wildman–Crippen LogP) is 0.130. The molecule has 156 valence electrons. The van der Waals surface area contributed by atoms with Crippen LogP contribution in [0.25, 0.3) is 0 Å². The topological polar surface area (TPSA) is 105 Å². The molecule has 9 heteroatoms. The lowest BCUT2D eigenvalue weighted by Crippen LogP contribution is -2.55. The van der Waals surface area contributed by atoms with Crippen molar-refractivity contribution in [3.63, 3.8) is 0 Å². The smallest absolute Gasteiger partial charge is 0.336 e. The summed E-state index contributed by atoms with van der Waals surface area (Å²) in [5, 5.41) is 10.2. The third-order valence-electron chi connectivity index (χ3n) is 4.14. The molecule has 0 fully saturated rings. The normalized spacial score (nSPS) is 11.8. The van der Waals surface area contributed by atoms with Crippen molar-refractivity contribution in [2.75, 3.05) is 13.7 Å². The number of nitrogens with zero attached hydrogens (tertiary/aromatic N) is 3. The van der Waals surface area contributed by atoms with Gasteiger partial charge in [0.15, 0.2) is 0 Å². The van der Waals surface area contributed by atoms with Gasteiger partial charge >= 0.3 is 17.1 Å². The van der Waals surface area contributed by atoms with Crippen molar-refractivity contribution >= 4 is 0 Å². The zero-order chi connectivity index (χ0) is 21.4. The van der Waals surface area contributed by atoms with E-state index < -0.39 is 23.2 Å². The summed E-state index contributed by atoms with van der Waals surface area (Å²) in [4.78, 5) is 37.4. The van der Waals surface area contributed by atoms with Crippen LogP contribution < -0.4 is 21.8 Å². The maximum atomic E-state index is 12.5. The third kappa shape index (κ3) is 5.43. The van der Waals surface area contributed by atoms with Gasteiger partial charge in [0, 0.05) is 0 Å². The summed E-state index contributed by atoms with van der Waals surface area (Å²) in [6.45, 7) is 6.75. The zero-order valence-corrected chi connectivity index (χ0v) is 16.3. The van der Waals surface area contributed by atoms with E-state index >= 15 is 0 Å². The van der Waals surface area contributed by atoms with Crippen LogP contribution in [-0.4, -0.2) is 38.6 Å². The van der Waals surface area contributed by atoms with Crippen LogP contribution in [-0.2, 0) is 31.0 Å². The molecule has 0 saturated heterocycles. The fourth-order valence-electron chi connectivity index (χ4n) is 2.71. The second kappa shape index (κ2) is 10.4. The van der Waals surface area contributed by atoms with Gasteiger partial charge in [0.25, 0.3) is 0 Å². The van der Waals surface area contributed by atoms with Gasteiger partial charge in [-0.3, -0.25) is 0 Å². The summed E-state index contributed by atoms with van der Waals surface area (Å²) in [6, 6.07) is 7.24. The van der Waals surface area contributed by atoms with Gasteiger partial charge in [-0.25, -0.2) is 28.1 Å². The maximum absolute atomic E-state index is 12.5. The number of aliphatic hydroxyl groups is 1. The summed E-state index contributed by atoms with van der Waals surface area (Å²) in [6.07, 6.45) is 1.64. The molecule has 0 aliphatic heterocycles. The van der Waals surface area contributed by atoms with Crippen LogP contribution in [0.3, 0.4) is 0 Å². The molecule has 1 N–H and O–H groups in total. The standard InChI is InChI=1S/C20H25N3O6/c1-4-10-21-18(25)22(11-5-2)20(27)23(19(21)26)12-16(24)14-29-13-15-6-8-17(28-3)9-7-15/h4-9,16,24H,1-2,10-14H2,3H3/t16-/m0/s1. The number of allylic oxidation sites excluding steroid dienone is 2. The van der Waals surface area contributed by atoms with E-state index in [1.54, 1.807) is 19.2 Å². The molecular weight excluding hydrogens is 378 g/mol. The van der Waals surface area contributed by atoms with E-state index in [4.69, 9.17) is 9.47 Å². The molecule has 0 radical (unpaired) electrons. The van der Waals surface area contributed by atoms with Crippen LogP contribution in [0.15, 0.2) is 64.0 Å². The Kier molecular flexibility index (Phi) is 7.93. The van der Waals surface area contributed by atoms with Crippen LogP contribution in [0.4, 0.5) is 0 Å². The first kappa shape index (κ1) is 22.1. The monoisotopic (exact) mass is 403 g/mol. The largest absolute Gasteiger partial charge is 0.497 e. The molecule has 0 aliphatic carbocycles. The molecule has 0 spiro atoms. The molecule has 2 rings (SSSR count). The third-order valence-corrected chi connectivity index (χ3v) is 4.14. The Labute approximate surface area is 167 Å². The fourth-order valence-corrected chi connectivity index (χ4v) is 2.71. The van der Waals surface area contributed by atoms with E-state index in [9.17, 15) is 19.5 Å². The van der Waals surface area contributed by atoms with Crippen LogP contribution >= 0.6 is 0 Å². The quantitative estimate of drug-likeness (QED) is 0.535. The molecule has 9 nitrogen and oxygen atoms in total. The number of methoxy groups -OCH3 is 1. The van der Waals surface area contributed by atoms with Crippen molar-refractivity contribution in [3.05, 3.63) is 86.6 Å². The number of hydrogen-bond acceptors (Lipinski definition) is 6. The fraction of sp³-hybridized carbons (Fsp3) is 0.350. The molecular formula is C20H25N3O6. The van der Waals surface area contributed by atoms with Gasteiger partial charge < -0.3 is 14.6 Å². The molecule has 0 bridgehead atoms. The lowest BCUT2D eigenvalue weighted by atomic mass is 10.2. The summed E-state index contributed by atoms with van der Waals surface area (Å²) in [5.74, 6) is 0.721. The van der Waals surface area contributed by atoms with Gasteiger partial charge in [0.05, 0.1) is 46.1 Å². The lowest BCUT2D eigenvalue weighted by molar-refractivity contribution is 0.0186. The number of hydrogen-bond donors (Lipinski definition) is 1. The van der Waals surface area contributed by atoms with E-state index in [0.29, 0.717) is 0 Å². The van der Waals surface area contributed by atoms with Crippen LogP contribution in [0.1, 0.15) is 5.56 Å². The summed E-state index contributed by atoms with van der Waals surface area (Å²) < 4.78 is 13.1. The van der Waals surface area contributed by atoms with Crippen molar-refractivity contribution in [2.24, 2.45) is 0 Å². The molecule has 29 heavy (non-hydrogen) atoms.